The number of hydrogen-bond donors (Lipinski definition) is 0. The van der Waals surface area contributed by atoms with Crippen molar-refractivity contribution in [3.05, 3.63) is 237 Å². The highest BCUT2D eigenvalue weighted by Gasteiger charge is 2.21. The van der Waals surface area contributed by atoms with E-state index in [9.17, 15) is 0 Å². The summed E-state index contributed by atoms with van der Waals surface area (Å²) in [6.45, 7) is 0. The zero-order chi connectivity index (χ0) is 45.0. The molecule has 7 nitrogen and oxygen atoms in total. The monoisotopic (exact) mass is 869 g/mol. The van der Waals surface area contributed by atoms with Gasteiger partial charge in [-0.15, -0.1) is 0 Å². The fourth-order valence-electron chi connectivity index (χ4n) is 9.55. The maximum atomic E-state index is 5.33. The van der Waals surface area contributed by atoms with E-state index in [4.69, 9.17) is 24.9 Å². The average molecular weight is 870 g/mol. The average Bonchev–Trinajstić information content (AvgIpc) is 3.93. The molecule has 7 heteroatoms. The number of benzene rings is 9. The van der Waals surface area contributed by atoms with Crippen LogP contribution in [-0.2, 0) is 0 Å². The lowest BCUT2D eigenvalue weighted by atomic mass is 10.00. The van der Waals surface area contributed by atoms with Gasteiger partial charge in [-0.1, -0.05) is 170 Å². The molecule has 0 aliphatic heterocycles. The van der Waals surface area contributed by atoms with E-state index in [0.29, 0.717) is 23.4 Å². The normalized spacial score (nSPS) is 11.5. The van der Waals surface area contributed by atoms with Crippen LogP contribution in [0.5, 0.6) is 0 Å². The molecule has 4 aromatic heterocycles. The first-order valence-electron chi connectivity index (χ1n) is 22.7. The van der Waals surface area contributed by atoms with Gasteiger partial charge in [0.2, 0.25) is 5.95 Å². The van der Waals surface area contributed by atoms with Crippen molar-refractivity contribution in [3.63, 3.8) is 0 Å². The van der Waals surface area contributed by atoms with Gasteiger partial charge in [-0.2, -0.15) is 0 Å². The highest BCUT2D eigenvalue weighted by atomic mass is 15.2. The maximum absolute atomic E-state index is 5.33. The number of rotatable bonds is 8. The zero-order valence-corrected chi connectivity index (χ0v) is 36.6. The molecular weight excluding hydrogens is 831 g/mol. The lowest BCUT2D eigenvalue weighted by molar-refractivity contribution is 0.995. The van der Waals surface area contributed by atoms with E-state index in [-0.39, 0.29) is 0 Å². The van der Waals surface area contributed by atoms with Crippen molar-refractivity contribution in [2.45, 2.75) is 0 Å². The third kappa shape index (κ3) is 6.80. The van der Waals surface area contributed by atoms with Crippen LogP contribution in [-0.4, -0.2) is 34.1 Å². The van der Waals surface area contributed by atoms with Gasteiger partial charge in [0.15, 0.2) is 17.5 Å². The maximum Gasteiger partial charge on any atom is 0.235 e. The van der Waals surface area contributed by atoms with Crippen LogP contribution in [0.2, 0.25) is 0 Å². The third-order valence-corrected chi connectivity index (χ3v) is 12.8. The second kappa shape index (κ2) is 16.3. The predicted octanol–water partition coefficient (Wildman–Crippen LogP) is 14.9. The smallest absolute Gasteiger partial charge is 0.235 e. The van der Waals surface area contributed by atoms with E-state index in [2.05, 4.69) is 149 Å². The predicted molar refractivity (Wildman–Crippen MR) is 277 cm³/mol. The third-order valence-electron chi connectivity index (χ3n) is 12.8. The van der Waals surface area contributed by atoms with Crippen LogP contribution in [0.25, 0.3) is 123 Å². The molecule has 0 N–H and O–H groups in total. The molecule has 0 spiro atoms. The van der Waals surface area contributed by atoms with Crippen LogP contribution in [0.3, 0.4) is 0 Å². The minimum absolute atomic E-state index is 0.582. The summed E-state index contributed by atoms with van der Waals surface area (Å²) in [5.41, 5.74) is 14.1. The van der Waals surface area contributed by atoms with Gasteiger partial charge in [0.25, 0.3) is 0 Å². The molecule has 0 bridgehead atoms. The summed E-state index contributed by atoms with van der Waals surface area (Å²) in [6, 6.07) is 82.3. The molecule has 13 rings (SSSR count). The van der Waals surface area contributed by atoms with Crippen LogP contribution in [0.4, 0.5) is 0 Å². The standard InChI is InChI=1S/C61H39N7/c1-6-18-40(19-7-1)52-39-53(41-20-8-2-9-21-41)63-61(62-52)68-56-34-31-45(44-30-33-55-49(36-44)48-28-16-17-29-54(48)67(55)47-26-14-5-15-27-47)37-50(56)51-38-46(32-35-57(51)68)60-65-58(42-22-10-3-11-23-42)64-59(66-60)43-24-12-4-13-25-43/h1-39H. The van der Waals surface area contributed by atoms with Gasteiger partial charge in [-0.25, -0.2) is 24.9 Å². The summed E-state index contributed by atoms with van der Waals surface area (Å²) >= 11 is 0. The number of hydrogen-bond acceptors (Lipinski definition) is 5. The van der Waals surface area contributed by atoms with E-state index >= 15 is 0 Å². The highest BCUT2D eigenvalue weighted by molar-refractivity contribution is 6.13. The van der Waals surface area contributed by atoms with Crippen molar-refractivity contribution >= 4 is 43.6 Å². The van der Waals surface area contributed by atoms with Crippen LogP contribution in [0.1, 0.15) is 0 Å². The zero-order valence-electron chi connectivity index (χ0n) is 36.6. The molecule has 0 aliphatic rings. The Morgan fingerprint density at radius 2 is 0.603 bits per heavy atom. The number of fused-ring (bicyclic) bond motifs is 6. The Bertz CT molecular complexity index is 3880. The molecule has 0 amide bonds. The fraction of sp³-hybridized carbons (Fsp3) is 0. The molecule has 0 unspecified atom stereocenters. The van der Waals surface area contributed by atoms with E-state index in [1.165, 1.54) is 16.3 Å². The minimum Gasteiger partial charge on any atom is -0.309 e. The molecule has 0 radical (unpaired) electrons. The Labute approximate surface area is 392 Å². The van der Waals surface area contributed by atoms with E-state index in [1.807, 2.05) is 97.1 Å². The van der Waals surface area contributed by atoms with Crippen LogP contribution in [0.15, 0.2) is 237 Å². The van der Waals surface area contributed by atoms with Gasteiger partial charge in [0.05, 0.1) is 33.5 Å². The highest BCUT2D eigenvalue weighted by Crippen LogP contribution is 2.40. The summed E-state index contributed by atoms with van der Waals surface area (Å²) in [6.07, 6.45) is 0. The molecule has 4 heterocycles. The first kappa shape index (κ1) is 39.1. The first-order chi connectivity index (χ1) is 33.7. The molecule has 68 heavy (non-hydrogen) atoms. The van der Waals surface area contributed by atoms with Crippen molar-refractivity contribution in [2.24, 2.45) is 0 Å². The first-order valence-corrected chi connectivity index (χ1v) is 22.7. The van der Waals surface area contributed by atoms with Crippen molar-refractivity contribution in [1.29, 1.82) is 0 Å². The Morgan fingerprint density at radius 3 is 1.12 bits per heavy atom. The molecule has 13 aromatic rings. The largest absolute Gasteiger partial charge is 0.309 e. The van der Waals surface area contributed by atoms with Crippen molar-refractivity contribution in [2.75, 3.05) is 0 Å². The topological polar surface area (TPSA) is 74.3 Å². The van der Waals surface area contributed by atoms with Crippen LogP contribution in [0, 0.1) is 0 Å². The second-order valence-corrected chi connectivity index (χ2v) is 16.9. The molecule has 0 saturated carbocycles. The van der Waals surface area contributed by atoms with Gasteiger partial charge in [-0.05, 0) is 77.9 Å². The van der Waals surface area contributed by atoms with E-state index in [1.54, 1.807) is 0 Å². The summed E-state index contributed by atoms with van der Waals surface area (Å²) in [5, 5.41) is 4.49. The van der Waals surface area contributed by atoms with Gasteiger partial charge >= 0.3 is 0 Å². The molecule has 0 aliphatic carbocycles. The van der Waals surface area contributed by atoms with Gasteiger partial charge in [0.1, 0.15) is 0 Å². The summed E-state index contributed by atoms with van der Waals surface area (Å²) < 4.78 is 4.56. The summed E-state index contributed by atoms with van der Waals surface area (Å²) in [7, 11) is 0. The van der Waals surface area contributed by atoms with E-state index in [0.717, 1.165) is 83.3 Å². The molecule has 318 valence electrons. The summed E-state index contributed by atoms with van der Waals surface area (Å²) in [5.74, 6) is 2.40. The summed E-state index contributed by atoms with van der Waals surface area (Å²) in [4.78, 5) is 25.9. The molecule has 9 aromatic carbocycles. The number of para-hydroxylation sites is 2. The Morgan fingerprint density at radius 1 is 0.235 bits per heavy atom. The van der Waals surface area contributed by atoms with Gasteiger partial charge in [0, 0.05) is 55.0 Å². The molecule has 0 saturated heterocycles. The second-order valence-electron chi connectivity index (χ2n) is 16.9. The lowest BCUT2D eigenvalue weighted by Crippen LogP contribution is -2.04. The molecule has 0 fully saturated rings. The molecule has 0 atom stereocenters. The van der Waals surface area contributed by atoms with Gasteiger partial charge < -0.3 is 4.57 Å². The SMILES string of the molecule is c1ccc(-c2cc(-c3ccccc3)nc(-n3c4ccc(-c5ccc6c(c5)c5ccccc5n6-c5ccccc5)cc4c4cc(-c5nc(-c6ccccc6)nc(-c6ccccc6)n5)ccc43)n2)cc1. The van der Waals surface area contributed by atoms with Crippen molar-refractivity contribution < 1.29 is 0 Å². The van der Waals surface area contributed by atoms with Crippen LogP contribution >= 0.6 is 0 Å². The Balaban J connectivity index is 1.05. The van der Waals surface area contributed by atoms with Crippen molar-refractivity contribution in [1.82, 2.24) is 34.1 Å². The van der Waals surface area contributed by atoms with Crippen LogP contribution < -0.4 is 0 Å². The van der Waals surface area contributed by atoms with Crippen molar-refractivity contribution in [3.8, 4) is 79.4 Å². The quantitative estimate of drug-likeness (QED) is 0.152. The molecular formula is C61H39N7. The van der Waals surface area contributed by atoms with E-state index < -0.39 is 0 Å². The fourth-order valence-corrected chi connectivity index (χ4v) is 9.55. The van der Waals surface area contributed by atoms with Gasteiger partial charge in [-0.3, -0.25) is 4.57 Å². The number of aromatic nitrogens is 7. The Kier molecular flexibility index (Phi) is 9.35. The minimum atomic E-state index is 0.582. The lowest BCUT2D eigenvalue weighted by Gasteiger charge is -2.12. The Hall–Kier alpha value is -9.33. The number of nitrogens with zero attached hydrogens (tertiary/aromatic N) is 7.